The van der Waals surface area contributed by atoms with Crippen molar-refractivity contribution in [1.82, 2.24) is 10.3 Å². The summed E-state index contributed by atoms with van der Waals surface area (Å²) in [6.07, 6.45) is 4.13. The van der Waals surface area contributed by atoms with Crippen LogP contribution in [0.3, 0.4) is 0 Å². The van der Waals surface area contributed by atoms with Crippen LogP contribution in [0.15, 0.2) is 16.7 Å². The van der Waals surface area contributed by atoms with Gasteiger partial charge in [-0.3, -0.25) is 0 Å². The van der Waals surface area contributed by atoms with E-state index >= 15 is 0 Å². The fourth-order valence-electron chi connectivity index (χ4n) is 1.59. The van der Waals surface area contributed by atoms with E-state index in [1.807, 2.05) is 0 Å². The van der Waals surface area contributed by atoms with Gasteiger partial charge in [-0.05, 0) is 35.3 Å². The zero-order chi connectivity index (χ0) is 10.7. The number of hydrogen-bond acceptors (Lipinski definition) is 3. The lowest BCUT2D eigenvalue weighted by atomic mass is 10.1. The van der Waals surface area contributed by atoms with E-state index in [1.165, 1.54) is 0 Å². The zero-order valence-electron chi connectivity index (χ0n) is 8.17. The van der Waals surface area contributed by atoms with Gasteiger partial charge >= 0.3 is 0 Å². The summed E-state index contributed by atoms with van der Waals surface area (Å²) in [7, 11) is 0. The Kier molecular flexibility index (Phi) is 3.83. The van der Waals surface area contributed by atoms with Crippen molar-refractivity contribution in [3.63, 3.8) is 0 Å². The lowest BCUT2D eigenvalue weighted by molar-refractivity contribution is 0.166. The van der Waals surface area contributed by atoms with Crippen molar-refractivity contribution in [2.45, 2.75) is 18.9 Å². The summed E-state index contributed by atoms with van der Waals surface area (Å²) in [4.78, 5) is 3.96. The molecule has 1 aliphatic heterocycles. The maximum Gasteiger partial charge on any atom is 0.138 e. The maximum absolute atomic E-state index is 5.83. The summed E-state index contributed by atoms with van der Waals surface area (Å²) < 4.78 is 6.68. The molecule has 0 bridgehead atoms. The smallest absolute Gasteiger partial charge is 0.138 e. The van der Waals surface area contributed by atoms with Gasteiger partial charge in [-0.15, -0.1) is 0 Å². The average Bonchev–Trinajstić information content (AvgIpc) is 2.25. The summed E-state index contributed by atoms with van der Waals surface area (Å²) in [5.41, 5.74) is 0. The standard InChI is InChI=1S/C10H12BrClN2O/c11-8-6-14-10(12)4-9(8)15-7-2-1-3-13-5-7/h4,6-7,13H,1-3,5H2. The second-order valence-corrected chi connectivity index (χ2v) is 4.77. The van der Waals surface area contributed by atoms with Gasteiger partial charge < -0.3 is 10.1 Å². The van der Waals surface area contributed by atoms with Crippen molar-refractivity contribution in [3.05, 3.63) is 21.9 Å². The van der Waals surface area contributed by atoms with Gasteiger partial charge in [0.2, 0.25) is 0 Å². The molecule has 0 aliphatic carbocycles. The molecule has 3 nitrogen and oxygen atoms in total. The molecule has 1 fully saturated rings. The molecule has 82 valence electrons. The number of halogens is 2. The SMILES string of the molecule is Clc1cc(OC2CCCNC2)c(Br)cn1. The molecule has 15 heavy (non-hydrogen) atoms. The van der Waals surface area contributed by atoms with Crippen molar-refractivity contribution in [2.75, 3.05) is 13.1 Å². The minimum absolute atomic E-state index is 0.230. The van der Waals surface area contributed by atoms with Crippen molar-refractivity contribution < 1.29 is 4.74 Å². The molecule has 2 heterocycles. The molecule has 1 aliphatic rings. The maximum atomic E-state index is 5.83. The van der Waals surface area contributed by atoms with Crippen LogP contribution in [-0.2, 0) is 0 Å². The third-order valence-corrected chi connectivity index (χ3v) is 3.13. The van der Waals surface area contributed by atoms with Gasteiger partial charge in [0, 0.05) is 18.8 Å². The lowest BCUT2D eigenvalue weighted by Gasteiger charge is -2.24. The van der Waals surface area contributed by atoms with Crippen LogP contribution in [0, 0.1) is 0 Å². The summed E-state index contributed by atoms with van der Waals surface area (Å²) in [5.74, 6) is 0.767. The Bertz CT molecular complexity index is 342. The Balaban J connectivity index is 2.05. The van der Waals surface area contributed by atoms with E-state index in [1.54, 1.807) is 12.3 Å². The van der Waals surface area contributed by atoms with E-state index in [0.717, 1.165) is 36.2 Å². The van der Waals surface area contributed by atoms with Crippen LogP contribution >= 0.6 is 27.5 Å². The van der Waals surface area contributed by atoms with Gasteiger partial charge in [-0.25, -0.2) is 4.98 Å². The zero-order valence-corrected chi connectivity index (χ0v) is 10.5. The highest BCUT2D eigenvalue weighted by atomic mass is 79.9. The van der Waals surface area contributed by atoms with E-state index < -0.39 is 0 Å². The van der Waals surface area contributed by atoms with Crippen LogP contribution < -0.4 is 10.1 Å². The van der Waals surface area contributed by atoms with Crippen molar-refractivity contribution in [1.29, 1.82) is 0 Å². The number of nitrogens with zero attached hydrogens (tertiary/aromatic N) is 1. The number of hydrogen-bond donors (Lipinski definition) is 1. The number of pyridine rings is 1. The monoisotopic (exact) mass is 290 g/mol. The number of ether oxygens (including phenoxy) is 1. The van der Waals surface area contributed by atoms with E-state index in [2.05, 4.69) is 26.2 Å². The highest BCUT2D eigenvalue weighted by Gasteiger charge is 2.15. The first-order chi connectivity index (χ1) is 7.25. The Morgan fingerprint density at radius 3 is 3.20 bits per heavy atom. The van der Waals surface area contributed by atoms with Crippen LogP contribution in [0.4, 0.5) is 0 Å². The second kappa shape index (κ2) is 5.14. The summed E-state index contributed by atoms with van der Waals surface area (Å²) >= 11 is 9.20. The first-order valence-electron chi connectivity index (χ1n) is 4.94. The third kappa shape index (κ3) is 3.06. The molecule has 0 aromatic carbocycles. The molecule has 0 saturated carbocycles. The first-order valence-corrected chi connectivity index (χ1v) is 6.11. The van der Waals surface area contributed by atoms with Gasteiger partial charge in [0.15, 0.2) is 0 Å². The molecular formula is C10H12BrClN2O. The van der Waals surface area contributed by atoms with Crippen molar-refractivity contribution in [3.8, 4) is 5.75 Å². The van der Waals surface area contributed by atoms with Gasteiger partial charge in [0.1, 0.15) is 17.0 Å². The summed E-state index contributed by atoms with van der Waals surface area (Å²) in [6.45, 7) is 1.98. The number of aromatic nitrogens is 1. The minimum atomic E-state index is 0.230. The van der Waals surface area contributed by atoms with Gasteiger partial charge in [-0.2, -0.15) is 0 Å². The Hall–Kier alpha value is -0.320. The van der Waals surface area contributed by atoms with Crippen LogP contribution in [0.1, 0.15) is 12.8 Å². The normalized spacial score (nSPS) is 21.3. The van der Waals surface area contributed by atoms with E-state index in [9.17, 15) is 0 Å². The second-order valence-electron chi connectivity index (χ2n) is 3.52. The van der Waals surface area contributed by atoms with Gasteiger partial charge in [-0.1, -0.05) is 11.6 Å². The fraction of sp³-hybridized carbons (Fsp3) is 0.500. The summed E-state index contributed by atoms with van der Waals surface area (Å²) in [5, 5.41) is 3.76. The topological polar surface area (TPSA) is 34.1 Å². The van der Waals surface area contributed by atoms with E-state index in [0.29, 0.717) is 5.15 Å². The molecule has 1 aromatic heterocycles. The number of nitrogens with one attached hydrogen (secondary N) is 1. The molecule has 0 spiro atoms. The highest BCUT2D eigenvalue weighted by Crippen LogP contribution is 2.28. The molecule has 1 saturated heterocycles. The number of piperidine rings is 1. The Morgan fingerprint density at radius 2 is 2.47 bits per heavy atom. The molecule has 1 N–H and O–H groups in total. The minimum Gasteiger partial charge on any atom is -0.488 e. The predicted octanol–water partition coefficient (Wildman–Crippen LogP) is 2.63. The first kappa shape index (κ1) is 11.2. The third-order valence-electron chi connectivity index (χ3n) is 2.33. The van der Waals surface area contributed by atoms with Crippen molar-refractivity contribution >= 4 is 27.5 Å². The largest absolute Gasteiger partial charge is 0.488 e. The summed E-state index contributed by atoms with van der Waals surface area (Å²) in [6, 6.07) is 1.74. The molecule has 1 atom stereocenters. The molecule has 1 aromatic rings. The van der Waals surface area contributed by atoms with Gasteiger partial charge in [0.05, 0.1) is 4.47 Å². The molecular weight excluding hydrogens is 279 g/mol. The highest BCUT2D eigenvalue weighted by molar-refractivity contribution is 9.10. The number of rotatable bonds is 2. The Morgan fingerprint density at radius 1 is 1.60 bits per heavy atom. The van der Waals surface area contributed by atoms with Crippen LogP contribution in [-0.4, -0.2) is 24.2 Å². The lowest BCUT2D eigenvalue weighted by Crippen LogP contribution is -2.37. The van der Waals surface area contributed by atoms with Gasteiger partial charge in [0.25, 0.3) is 0 Å². The fourth-order valence-corrected chi connectivity index (χ4v) is 2.04. The Labute approximate surface area is 102 Å². The van der Waals surface area contributed by atoms with Crippen molar-refractivity contribution in [2.24, 2.45) is 0 Å². The van der Waals surface area contributed by atoms with Crippen LogP contribution in [0.25, 0.3) is 0 Å². The average molecular weight is 292 g/mol. The molecule has 0 radical (unpaired) electrons. The van der Waals surface area contributed by atoms with E-state index in [-0.39, 0.29) is 6.10 Å². The van der Waals surface area contributed by atoms with Crippen LogP contribution in [0.2, 0.25) is 5.15 Å². The molecule has 2 rings (SSSR count). The molecule has 0 amide bonds. The molecule has 5 heteroatoms. The quantitative estimate of drug-likeness (QED) is 0.851. The van der Waals surface area contributed by atoms with E-state index in [4.69, 9.17) is 16.3 Å². The predicted molar refractivity (Wildman–Crippen MR) is 63.5 cm³/mol. The van der Waals surface area contributed by atoms with Crippen LogP contribution in [0.5, 0.6) is 5.75 Å². The molecule has 1 unspecified atom stereocenters.